The Balaban J connectivity index is 1.86. The minimum atomic E-state index is -0.394. The highest BCUT2D eigenvalue weighted by atomic mass is 32.1. The van der Waals surface area contributed by atoms with E-state index in [0.29, 0.717) is 23.7 Å². The number of rotatable bonds is 14. The number of carbonyl (C=O) groups excluding carboxylic acids is 2. The van der Waals surface area contributed by atoms with Crippen molar-refractivity contribution < 1.29 is 14.3 Å². The normalized spacial score (nSPS) is 15.8. The molecule has 2 N–H and O–H groups in total. The van der Waals surface area contributed by atoms with Crippen molar-refractivity contribution in [3.8, 4) is 0 Å². The molecule has 0 bridgehead atoms. The van der Waals surface area contributed by atoms with Crippen LogP contribution in [0.1, 0.15) is 96.6 Å². The maximum Gasteiger partial charge on any atom is 0.338 e. The van der Waals surface area contributed by atoms with Crippen LogP contribution in [0.2, 0.25) is 0 Å². The maximum absolute atomic E-state index is 12.6. The van der Waals surface area contributed by atoms with E-state index in [0.717, 1.165) is 29.8 Å². The number of unbranched alkanes of at least 4 members (excludes halogenated alkanes) is 8. The lowest BCUT2D eigenvalue weighted by molar-refractivity contribution is -0.139. The van der Waals surface area contributed by atoms with E-state index >= 15 is 0 Å². The molecule has 0 saturated heterocycles. The van der Waals surface area contributed by atoms with Gasteiger partial charge in [0.05, 0.1) is 18.2 Å². The molecule has 7 heteroatoms. The van der Waals surface area contributed by atoms with E-state index in [9.17, 15) is 9.59 Å². The molecule has 1 atom stereocenters. The number of allylic oxidation sites excluding steroid dienone is 1. The molecular formula is C27H41N3O3S. The first-order chi connectivity index (χ1) is 16.4. The molecule has 188 valence electrons. The Bertz CT molecular complexity index is 851. The number of carbonyl (C=O) groups is 2. The molecule has 1 unspecified atom stereocenters. The molecule has 0 spiro atoms. The van der Waals surface area contributed by atoms with Crippen LogP contribution in [-0.4, -0.2) is 35.5 Å². The fourth-order valence-corrected chi connectivity index (χ4v) is 4.39. The van der Waals surface area contributed by atoms with Crippen LogP contribution in [0.3, 0.4) is 0 Å². The van der Waals surface area contributed by atoms with Gasteiger partial charge in [0, 0.05) is 24.9 Å². The number of anilines is 1. The van der Waals surface area contributed by atoms with E-state index in [-0.39, 0.29) is 11.9 Å². The highest BCUT2D eigenvalue weighted by molar-refractivity contribution is 7.80. The number of ether oxygens (including phenoxy) is 1. The zero-order valence-electron chi connectivity index (χ0n) is 21.2. The van der Waals surface area contributed by atoms with Crippen LogP contribution in [-0.2, 0) is 14.3 Å². The summed E-state index contributed by atoms with van der Waals surface area (Å²) in [7, 11) is 1.83. The first-order valence-electron chi connectivity index (χ1n) is 12.7. The van der Waals surface area contributed by atoms with Gasteiger partial charge >= 0.3 is 5.97 Å². The van der Waals surface area contributed by atoms with Gasteiger partial charge < -0.3 is 20.3 Å². The molecule has 2 rings (SSSR count). The number of nitrogens with one attached hydrogen (secondary N) is 2. The smallest absolute Gasteiger partial charge is 0.338 e. The summed E-state index contributed by atoms with van der Waals surface area (Å²) in [5, 5.41) is 6.76. The minimum absolute atomic E-state index is 0.0391. The van der Waals surface area contributed by atoms with Crippen LogP contribution in [0, 0.1) is 0 Å². The largest absolute Gasteiger partial charge is 0.463 e. The molecule has 1 heterocycles. The second-order valence-corrected chi connectivity index (χ2v) is 9.30. The average Bonchev–Trinajstić information content (AvgIpc) is 2.82. The minimum Gasteiger partial charge on any atom is -0.463 e. The summed E-state index contributed by atoms with van der Waals surface area (Å²) in [5.74, 6) is -0.317. The third-order valence-corrected chi connectivity index (χ3v) is 6.68. The lowest BCUT2D eigenvalue weighted by atomic mass is 9.95. The molecule has 0 saturated carbocycles. The fourth-order valence-electron chi connectivity index (χ4n) is 4.14. The Morgan fingerprint density at radius 1 is 1.00 bits per heavy atom. The summed E-state index contributed by atoms with van der Waals surface area (Å²) in [6, 6.07) is 7.16. The number of hydrogen-bond donors (Lipinski definition) is 2. The van der Waals surface area contributed by atoms with Gasteiger partial charge in [-0.05, 0) is 50.2 Å². The average molecular weight is 488 g/mol. The van der Waals surface area contributed by atoms with E-state index in [4.69, 9.17) is 17.0 Å². The quantitative estimate of drug-likeness (QED) is 0.184. The number of esters is 1. The molecule has 1 aromatic carbocycles. The molecule has 1 aliphatic rings. The SMILES string of the molecule is CCCCCCCCCCCC(=O)Nc1ccc(C2NC(=S)N(C)C(C)=C2C(=O)OCC)cc1. The zero-order valence-corrected chi connectivity index (χ0v) is 22.1. The maximum atomic E-state index is 12.6. The molecule has 1 aliphatic heterocycles. The number of hydrogen-bond acceptors (Lipinski definition) is 4. The third kappa shape index (κ3) is 8.42. The fraction of sp³-hybridized carbons (Fsp3) is 0.593. The predicted molar refractivity (Wildman–Crippen MR) is 142 cm³/mol. The van der Waals surface area contributed by atoms with Crippen molar-refractivity contribution in [1.82, 2.24) is 10.2 Å². The Kier molecular flexibility index (Phi) is 12.1. The van der Waals surface area contributed by atoms with Gasteiger partial charge in [-0.25, -0.2) is 4.79 Å². The van der Waals surface area contributed by atoms with E-state index in [1.54, 1.807) is 11.8 Å². The first-order valence-corrected chi connectivity index (χ1v) is 13.1. The van der Waals surface area contributed by atoms with E-state index in [1.807, 2.05) is 38.2 Å². The summed E-state index contributed by atoms with van der Waals surface area (Å²) < 4.78 is 5.28. The number of benzene rings is 1. The summed E-state index contributed by atoms with van der Waals surface area (Å²) in [6.45, 7) is 6.20. The van der Waals surface area contributed by atoms with Gasteiger partial charge in [-0.15, -0.1) is 0 Å². The van der Waals surface area contributed by atoms with Crippen LogP contribution in [0.15, 0.2) is 35.5 Å². The summed E-state index contributed by atoms with van der Waals surface area (Å²) in [6.07, 6.45) is 11.6. The Labute approximate surface area is 210 Å². The highest BCUT2D eigenvalue weighted by Crippen LogP contribution is 2.31. The molecule has 0 radical (unpaired) electrons. The van der Waals surface area contributed by atoms with Gasteiger partial charge in [0.25, 0.3) is 0 Å². The standard InChI is InChI=1S/C27H41N3O3S/c1-5-7-8-9-10-11-12-13-14-15-23(31)28-22-18-16-21(17-19-22)25-24(26(32)33-6-2)20(3)30(4)27(34)29-25/h16-19,25H,5-15H2,1-4H3,(H,28,31)(H,29,34). The van der Waals surface area contributed by atoms with Gasteiger partial charge in [0.1, 0.15) is 0 Å². The Hall–Kier alpha value is -2.41. The molecule has 0 aliphatic carbocycles. The molecule has 6 nitrogen and oxygen atoms in total. The Morgan fingerprint density at radius 2 is 1.59 bits per heavy atom. The lowest BCUT2D eigenvalue weighted by Crippen LogP contribution is -2.46. The van der Waals surface area contributed by atoms with E-state index < -0.39 is 6.04 Å². The van der Waals surface area contributed by atoms with Crippen LogP contribution < -0.4 is 10.6 Å². The van der Waals surface area contributed by atoms with Crippen molar-refractivity contribution in [2.75, 3.05) is 19.0 Å². The first kappa shape index (κ1) is 27.8. The van der Waals surface area contributed by atoms with Crippen LogP contribution in [0.25, 0.3) is 0 Å². The van der Waals surface area contributed by atoms with E-state index in [2.05, 4.69) is 17.6 Å². The second-order valence-electron chi connectivity index (χ2n) is 8.91. The van der Waals surface area contributed by atoms with Crippen molar-refractivity contribution in [2.45, 2.75) is 91.0 Å². The third-order valence-electron chi connectivity index (χ3n) is 6.28. The lowest BCUT2D eigenvalue weighted by Gasteiger charge is -2.35. The monoisotopic (exact) mass is 487 g/mol. The van der Waals surface area contributed by atoms with Crippen molar-refractivity contribution in [3.05, 3.63) is 41.1 Å². The van der Waals surface area contributed by atoms with Crippen molar-refractivity contribution in [3.63, 3.8) is 0 Å². The number of thiocarbonyl (C=S) groups is 1. The highest BCUT2D eigenvalue weighted by Gasteiger charge is 2.33. The van der Waals surface area contributed by atoms with Crippen molar-refractivity contribution in [2.24, 2.45) is 0 Å². The Morgan fingerprint density at radius 3 is 2.18 bits per heavy atom. The predicted octanol–water partition coefficient (Wildman–Crippen LogP) is 6.24. The van der Waals surface area contributed by atoms with Gasteiger partial charge in [0.2, 0.25) is 5.91 Å². The van der Waals surface area contributed by atoms with Gasteiger partial charge in [-0.3, -0.25) is 4.79 Å². The molecular weight excluding hydrogens is 446 g/mol. The summed E-state index contributed by atoms with van der Waals surface area (Å²) in [4.78, 5) is 26.7. The van der Waals surface area contributed by atoms with Crippen LogP contribution in [0.4, 0.5) is 5.69 Å². The van der Waals surface area contributed by atoms with Crippen molar-refractivity contribution >= 4 is 34.9 Å². The summed E-state index contributed by atoms with van der Waals surface area (Å²) in [5.41, 5.74) is 2.94. The van der Waals surface area contributed by atoms with E-state index in [1.165, 1.54) is 44.9 Å². The summed E-state index contributed by atoms with van der Waals surface area (Å²) >= 11 is 5.43. The molecule has 0 fully saturated rings. The molecule has 34 heavy (non-hydrogen) atoms. The topological polar surface area (TPSA) is 70.7 Å². The zero-order chi connectivity index (χ0) is 24.9. The molecule has 1 aromatic rings. The van der Waals surface area contributed by atoms with Gasteiger partial charge in [0.15, 0.2) is 5.11 Å². The number of amides is 1. The molecule has 0 aromatic heterocycles. The number of nitrogens with zero attached hydrogens (tertiary/aromatic N) is 1. The molecule has 1 amide bonds. The second kappa shape index (κ2) is 14.8. The van der Waals surface area contributed by atoms with Crippen LogP contribution in [0.5, 0.6) is 0 Å². The van der Waals surface area contributed by atoms with Gasteiger partial charge in [-0.1, -0.05) is 70.4 Å². The van der Waals surface area contributed by atoms with Crippen LogP contribution >= 0.6 is 12.2 Å². The van der Waals surface area contributed by atoms with Gasteiger partial charge in [-0.2, -0.15) is 0 Å². The van der Waals surface area contributed by atoms with Crippen molar-refractivity contribution in [1.29, 1.82) is 0 Å².